The zero-order chi connectivity index (χ0) is 12.1. The maximum Gasteiger partial charge on any atom is 0.236 e. The minimum absolute atomic E-state index is 0.00857. The van der Waals surface area contributed by atoms with Crippen molar-refractivity contribution < 1.29 is 9.32 Å². The van der Waals surface area contributed by atoms with Gasteiger partial charge < -0.3 is 15.2 Å². The average Bonchev–Trinajstić information content (AvgIpc) is 2.56. The molecule has 5 nitrogen and oxygen atoms in total. The second-order valence-electron chi connectivity index (χ2n) is 3.80. The van der Waals surface area contributed by atoms with Gasteiger partial charge in [0.05, 0.1) is 11.7 Å². The molecule has 16 heavy (non-hydrogen) atoms. The number of likely N-dealkylation sites (N-methyl/N-ethyl adjacent to an activating group) is 1. The third-order valence-corrected chi connectivity index (χ3v) is 2.51. The normalized spacial score (nSPS) is 12.5. The summed E-state index contributed by atoms with van der Waals surface area (Å²) in [6, 6.07) is -0.214. The Bertz CT molecular complexity index is 341. The highest BCUT2D eigenvalue weighted by molar-refractivity contribution is 5.81. The third-order valence-electron chi connectivity index (χ3n) is 2.51. The van der Waals surface area contributed by atoms with Gasteiger partial charge in [0.2, 0.25) is 5.91 Å². The fourth-order valence-electron chi connectivity index (χ4n) is 1.43. The van der Waals surface area contributed by atoms with Crippen molar-refractivity contribution in [3.05, 3.63) is 17.0 Å². The fourth-order valence-corrected chi connectivity index (χ4v) is 1.43. The number of rotatable bonds is 5. The van der Waals surface area contributed by atoms with Gasteiger partial charge in [-0.05, 0) is 27.7 Å². The number of carbonyl (C=O) groups excluding carboxylic acids is 1. The van der Waals surface area contributed by atoms with Crippen molar-refractivity contribution in [3.63, 3.8) is 0 Å². The van der Waals surface area contributed by atoms with Crippen molar-refractivity contribution in [2.45, 2.75) is 40.3 Å². The predicted molar refractivity (Wildman–Crippen MR) is 61.0 cm³/mol. The SMILES string of the molecule is CCNC(=O)C(C)NCc1c(C)noc1C. The summed E-state index contributed by atoms with van der Waals surface area (Å²) in [4.78, 5) is 11.5. The lowest BCUT2D eigenvalue weighted by atomic mass is 10.2. The van der Waals surface area contributed by atoms with Crippen molar-refractivity contribution in [1.29, 1.82) is 0 Å². The summed E-state index contributed by atoms with van der Waals surface area (Å²) in [5.41, 5.74) is 1.89. The van der Waals surface area contributed by atoms with E-state index in [-0.39, 0.29) is 11.9 Å². The molecular formula is C11H19N3O2. The van der Waals surface area contributed by atoms with Gasteiger partial charge in [-0.2, -0.15) is 0 Å². The molecule has 0 spiro atoms. The summed E-state index contributed by atoms with van der Waals surface area (Å²) in [6.07, 6.45) is 0. The molecule has 0 aliphatic heterocycles. The fraction of sp³-hybridized carbons (Fsp3) is 0.636. The minimum Gasteiger partial charge on any atom is -0.361 e. The Kier molecular flexibility index (Phi) is 4.49. The van der Waals surface area contributed by atoms with Gasteiger partial charge in [0.1, 0.15) is 5.76 Å². The molecule has 1 rings (SSSR count). The van der Waals surface area contributed by atoms with Crippen LogP contribution >= 0.6 is 0 Å². The van der Waals surface area contributed by atoms with Crippen LogP contribution in [0.5, 0.6) is 0 Å². The van der Waals surface area contributed by atoms with Crippen LogP contribution in [0.15, 0.2) is 4.52 Å². The first-order valence-electron chi connectivity index (χ1n) is 5.49. The number of carbonyl (C=O) groups is 1. The molecule has 0 fully saturated rings. The largest absolute Gasteiger partial charge is 0.361 e. The molecule has 0 aromatic carbocycles. The van der Waals surface area contributed by atoms with Crippen LogP contribution in [0.4, 0.5) is 0 Å². The van der Waals surface area contributed by atoms with Crippen LogP contribution in [0.2, 0.25) is 0 Å². The van der Waals surface area contributed by atoms with E-state index in [1.807, 2.05) is 27.7 Å². The molecule has 1 unspecified atom stereocenters. The molecule has 0 saturated heterocycles. The molecule has 0 aliphatic rings. The van der Waals surface area contributed by atoms with E-state index in [0.717, 1.165) is 17.0 Å². The summed E-state index contributed by atoms with van der Waals surface area (Å²) < 4.78 is 5.04. The number of nitrogens with one attached hydrogen (secondary N) is 2. The lowest BCUT2D eigenvalue weighted by Gasteiger charge is -2.12. The maximum atomic E-state index is 11.5. The Labute approximate surface area is 95.6 Å². The molecule has 1 heterocycles. The lowest BCUT2D eigenvalue weighted by Crippen LogP contribution is -2.41. The second-order valence-corrected chi connectivity index (χ2v) is 3.80. The second kappa shape index (κ2) is 5.65. The molecule has 0 saturated carbocycles. The van der Waals surface area contributed by atoms with Crippen LogP contribution in [0.1, 0.15) is 30.9 Å². The van der Waals surface area contributed by atoms with E-state index in [1.54, 1.807) is 0 Å². The molecule has 1 amide bonds. The molecule has 1 aromatic heterocycles. The molecule has 2 N–H and O–H groups in total. The van der Waals surface area contributed by atoms with Crippen molar-refractivity contribution in [2.24, 2.45) is 0 Å². The summed E-state index contributed by atoms with van der Waals surface area (Å²) in [5, 5.41) is 9.76. The predicted octanol–water partition coefficient (Wildman–Crippen LogP) is 0.906. The first kappa shape index (κ1) is 12.7. The van der Waals surface area contributed by atoms with Crippen LogP contribution in [0.3, 0.4) is 0 Å². The Hall–Kier alpha value is -1.36. The van der Waals surface area contributed by atoms with Crippen LogP contribution in [0, 0.1) is 13.8 Å². The average molecular weight is 225 g/mol. The van der Waals surface area contributed by atoms with Gasteiger partial charge in [-0.25, -0.2) is 0 Å². The van der Waals surface area contributed by atoms with E-state index in [1.165, 1.54) is 0 Å². The number of hydrogen-bond donors (Lipinski definition) is 2. The zero-order valence-corrected chi connectivity index (χ0v) is 10.3. The molecule has 90 valence electrons. The quantitative estimate of drug-likeness (QED) is 0.781. The Balaban J connectivity index is 2.48. The molecule has 0 radical (unpaired) electrons. The van der Waals surface area contributed by atoms with Crippen LogP contribution < -0.4 is 10.6 Å². The molecule has 1 aromatic rings. The minimum atomic E-state index is -0.214. The number of hydrogen-bond acceptors (Lipinski definition) is 4. The van der Waals surface area contributed by atoms with E-state index >= 15 is 0 Å². The van der Waals surface area contributed by atoms with Gasteiger partial charge in [-0.15, -0.1) is 0 Å². The van der Waals surface area contributed by atoms with Gasteiger partial charge >= 0.3 is 0 Å². The summed E-state index contributed by atoms with van der Waals surface area (Å²) in [7, 11) is 0. The van der Waals surface area contributed by atoms with E-state index in [2.05, 4.69) is 15.8 Å². The Morgan fingerprint density at radius 2 is 2.19 bits per heavy atom. The molecule has 0 bridgehead atoms. The smallest absolute Gasteiger partial charge is 0.236 e. The van der Waals surface area contributed by atoms with E-state index in [0.29, 0.717) is 13.1 Å². The van der Waals surface area contributed by atoms with Crippen LogP contribution in [-0.2, 0) is 11.3 Å². The standard InChI is InChI=1S/C11H19N3O2/c1-5-12-11(15)8(3)13-6-10-7(2)14-16-9(10)4/h8,13H,5-6H2,1-4H3,(H,12,15). The number of amides is 1. The Morgan fingerprint density at radius 1 is 1.50 bits per heavy atom. The van der Waals surface area contributed by atoms with Crippen molar-refractivity contribution in [3.8, 4) is 0 Å². The molecule has 5 heteroatoms. The van der Waals surface area contributed by atoms with Crippen molar-refractivity contribution in [2.75, 3.05) is 6.54 Å². The van der Waals surface area contributed by atoms with Crippen LogP contribution in [-0.4, -0.2) is 23.7 Å². The first-order chi connectivity index (χ1) is 7.56. The lowest BCUT2D eigenvalue weighted by molar-refractivity contribution is -0.122. The van der Waals surface area contributed by atoms with Gasteiger partial charge in [-0.1, -0.05) is 5.16 Å². The van der Waals surface area contributed by atoms with Crippen molar-refractivity contribution >= 4 is 5.91 Å². The van der Waals surface area contributed by atoms with E-state index < -0.39 is 0 Å². The van der Waals surface area contributed by atoms with Gasteiger partial charge in [0.25, 0.3) is 0 Å². The van der Waals surface area contributed by atoms with Gasteiger partial charge in [-0.3, -0.25) is 4.79 Å². The van der Waals surface area contributed by atoms with E-state index in [9.17, 15) is 4.79 Å². The van der Waals surface area contributed by atoms with Gasteiger partial charge in [0, 0.05) is 18.7 Å². The number of aromatic nitrogens is 1. The monoisotopic (exact) mass is 225 g/mol. The topological polar surface area (TPSA) is 67.2 Å². The van der Waals surface area contributed by atoms with Crippen LogP contribution in [0.25, 0.3) is 0 Å². The highest BCUT2D eigenvalue weighted by Crippen LogP contribution is 2.11. The zero-order valence-electron chi connectivity index (χ0n) is 10.3. The highest BCUT2D eigenvalue weighted by atomic mass is 16.5. The summed E-state index contributed by atoms with van der Waals surface area (Å²) in [6.45, 7) is 8.75. The maximum absolute atomic E-state index is 11.5. The first-order valence-corrected chi connectivity index (χ1v) is 5.49. The van der Waals surface area contributed by atoms with Gasteiger partial charge in [0.15, 0.2) is 0 Å². The summed E-state index contributed by atoms with van der Waals surface area (Å²) >= 11 is 0. The molecule has 0 aliphatic carbocycles. The van der Waals surface area contributed by atoms with Crippen molar-refractivity contribution in [1.82, 2.24) is 15.8 Å². The highest BCUT2D eigenvalue weighted by Gasteiger charge is 2.14. The number of aryl methyl sites for hydroxylation is 2. The molecule has 1 atom stereocenters. The third kappa shape index (κ3) is 3.06. The molecular weight excluding hydrogens is 206 g/mol. The summed E-state index contributed by atoms with van der Waals surface area (Å²) in [5.74, 6) is 0.808. The Morgan fingerprint density at radius 3 is 2.69 bits per heavy atom. The number of nitrogens with zero attached hydrogens (tertiary/aromatic N) is 1. The van der Waals surface area contributed by atoms with E-state index in [4.69, 9.17) is 4.52 Å².